The molecule has 69 heavy (non-hydrogen) atoms. The molecular formula is C66H55BN2. The van der Waals surface area contributed by atoms with Crippen molar-refractivity contribution < 1.29 is 0 Å². The van der Waals surface area contributed by atoms with Crippen LogP contribution in [0.2, 0.25) is 0 Å². The fourth-order valence-corrected chi connectivity index (χ4v) is 14.2. The molecule has 9 aromatic carbocycles. The van der Waals surface area contributed by atoms with Gasteiger partial charge in [-0.25, -0.2) is 0 Å². The Balaban J connectivity index is 1.27. The molecule has 0 saturated heterocycles. The molecule has 0 atom stereocenters. The van der Waals surface area contributed by atoms with E-state index in [2.05, 4.69) is 217 Å². The van der Waals surface area contributed by atoms with Crippen LogP contribution >= 0.6 is 0 Å². The van der Waals surface area contributed by atoms with Crippen molar-refractivity contribution in [1.82, 2.24) is 9.13 Å². The van der Waals surface area contributed by atoms with Crippen LogP contribution in [0.1, 0.15) is 129 Å². The Morgan fingerprint density at radius 2 is 0.913 bits per heavy atom. The average Bonchev–Trinajstić information content (AvgIpc) is 3.97. The highest BCUT2D eigenvalue weighted by molar-refractivity contribution is 7.00. The Labute approximate surface area is 405 Å². The third-order valence-electron chi connectivity index (χ3n) is 17.5. The minimum absolute atomic E-state index is 0.000987. The zero-order chi connectivity index (χ0) is 46.7. The van der Waals surface area contributed by atoms with Gasteiger partial charge >= 0.3 is 0 Å². The zero-order valence-electron chi connectivity index (χ0n) is 41.1. The number of hydrogen-bond acceptors (Lipinski definition) is 0. The maximum atomic E-state index is 2.80. The first-order valence-corrected chi connectivity index (χ1v) is 25.7. The molecule has 0 unspecified atom stereocenters. The highest BCUT2D eigenvalue weighted by atomic mass is 15.1. The first-order chi connectivity index (χ1) is 33.5. The van der Waals surface area contributed by atoms with Crippen molar-refractivity contribution in [2.45, 2.75) is 91.4 Å². The number of rotatable bonds is 5. The first kappa shape index (κ1) is 39.9. The van der Waals surface area contributed by atoms with Crippen molar-refractivity contribution >= 4 is 77.5 Å². The first-order valence-electron chi connectivity index (χ1n) is 25.7. The number of nitrogens with zero attached hydrogens (tertiary/aromatic N) is 2. The van der Waals surface area contributed by atoms with Gasteiger partial charge in [-0.1, -0.05) is 165 Å². The van der Waals surface area contributed by atoms with E-state index in [1.165, 1.54) is 154 Å². The molecule has 1 aliphatic carbocycles. The Hall–Kier alpha value is -7.10. The number of aryl methyl sites for hydroxylation is 1. The van der Waals surface area contributed by atoms with E-state index >= 15 is 0 Å². The number of fused-ring (bicyclic) bond motifs is 15. The lowest BCUT2D eigenvalue weighted by Gasteiger charge is -2.45. The Bertz CT molecular complexity index is 4120. The van der Waals surface area contributed by atoms with Gasteiger partial charge in [-0.15, -0.1) is 0 Å². The predicted molar refractivity (Wildman–Crippen MR) is 295 cm³/mol. The molecule has 0 bridgehead atoms. The summed E-state index contributed by atoms with van der Waals surface area (Å²) in [6, 6.07) is 58.5. The van der Waals surface area contributed by atoms with Gasteiger partial charge in [0, 0.05) is 43.8 Å². The fraction of sp³-hybridized carbons (Fsp3) is 0.212. The van der Waals surface area contributed by atoms with Gasteiger partial charge in [-0.3, -0.25) is 0 Å². The van der Waals surface area contributed by atoms with Crippen molar-refractivity contribution in [3.05, 3.63) is 196 Å². The lowest BCUT2D eigenvalue weighted by molar-refractivity contribution is 0.744. The molecule has 1 spiro atoms. The summed E-state index contributed by atoms with van der Waals surface area (Å²) in [6.07, 6.45) is 0. The monoisotopic (exact) mass is 886 g/mol. The molecule has 0 radical (unpaired) electrons. The van der Waals surface area contributed by atoms with Gasteiger partial charge in [-0.05, 0) is 161 Å². The van der Waals surface area contributed by atoms with E-state index in [-0.39, 0.29) is 6.71 Å². The van der Waals surface area contributed by atoms with Crippen LogP contribution in [0.15, 0.2) is 146 Å². The largest absolute Gasteiger partial charge is 0.310 e. The van der Waals surface area contributed by atoms with E-state index in [0.29, 0.717) is 23.7 Å². The molecule has 0 amide bonds. The van der Waals surface area contributed by atoms with Gasteiger partial charge in [-0.2, -0.15) is 0 Å². The molecule has 332 valence electrons. The smallest absolute Gasteiger partial charge is 0.252 e. The molecule has 3 aliphatic heterocycles. The van der Waals surface area contributed by atoms with Gasteiger partial charge in [0.05, 0.1) is 22.1 Å². The van der Waals surface area contributed by atoms with Crippen molar-refractivity contribution in [2.75, 3.05) is 0 Å². The van der Waals surface area contributed by atoms with Gasteiger partial charge in [0.25, 0.3) is 6.71 Å². The Morgan fingerprint density at radius 1 is 0.377 bits per heavy atom. The second-order valence-corrected chi connectivity index (χ2v) is 22.4. The minimum Gasteiger partial charge on any atom is -0.310 e. The molecule has 5 heterocycles. The average molecular weight is 887 g/mol. The number of aromatic nitrogens is 2. The van der Waals surface area contributed by atoms with Gasteiger partial charge in [0.2, 0.25) is 0 Å². The number of benzene rings is 9. The number of hydrogen-bond donors (Lipinski definition) is 0. The molecule has 11 aromatic rings. The van der Waals surface area contributed by atoms with Crippen LogP contribution in [0.3, 0.4) is 0 Å². The standard InChI is InChI=1S/C66H55BN2/c1-34(2)39-24-25-59-48(26-39)49-28-41(36(5)6)31-57-62(49)68(59)64-52(45-21-15-19-43-38(9)16-14-20-44(43)45)33-56-65-60(64)67(57)58-32-42(37(7)8)29-51-50-27-40(35(3)4)30-55(61(50)69(65)63(51)58)66(56)53-22-12-10-17-46(53)47-18-11-13-23-54(47)66/h10-37H,1-9H3. The van der Waals surface area contributed by atoms with E-state index in [1.807, 2.05) is 0 Å². The molecule has 2 nitrogen and oxygen atoms in total. The molecule has 0 N–H and O–H groups in total. The van der Waals surface area contributed by atoms with E-state index in [4.69, 9.17) is 0 Å². The summed E-state index contributed by atoms with van der Waals surface area (Å²) in [5.74, 6) is 1.48. The van der Waals surface area contributed by atoms with Gasteiger partial charge in [0.15, 0.2) is 0 Å². The lowest BCUT2D eigenvalue weighted by Crippen LogP contribution is -2.61. The summed E-state index contributed by atoms with van der Waals surface area (Å²) >= 11 is 0. The van der Waals surface area contributed by atoms with E-state index in [9.17, 15) is 0 Å². The van der Waals surface area contributed by atoms with Crippen LogP contribution in [-0.2, 0) is 5.41 Å². The Morgan fingerprint density at radius 3 is 1.57 bits per heavy atom. The van der Waals surface area contributed by atoms with E-state index in [0.717, 1.165) is 0 Å². The fourth-order valence-electron chi connectivity index (χ4n) is 14.2. The van der Waals surface area contributed by atoms with E-state index < -0.39 is 5.41 Å². The summed E-state index contributed by atoms with van der Waals surface area (Å²) in [7, 11) is 0. The van der Waals surface area contributed by atoms with Crippen molar-refractivity contribution in [1.29, 1.82) is 0 Å². The molecule has 2 aromatic heterocycles. The third kappa shape index (κ3) is 4.71. The lowest BCUT2D eigenvalue weighted by atomic mass is 9.33. The van der Waals surface area contributed by atoms with Crippen LogP contribution in [0.4, 0.5) is 0 Å². The third-order valence-corrected chi connectivity index (χ3v) is 17.5. The van der Waals surface area contributed by atoms with Gasteiger partial charge < -0.3 is 9.13 Å². The molecular weight excluding hydrogens is 832 g/mol. The summed E-state index contributed by atoms with van der Waals surface area (Å²) in [4.78, 5) is 0. The highest BCUT2D eigenvalue weighted by Crippen LogP contribution is 2.63. The topological polar surface area (TPSA) is 9.86 Å². The van der Waals surface area contributed by atoms with Gasteiger partial charge in [0.1, 0.15) is 0 Å². The van der Waals surface area contributed by atoms with Crippen molar-refractivity contribution in [3.63, 3.8) is 0 Å². The Kier molecular flexibility index (Phi) is 7.72. The van der Waals surface area contributed by atoms with Crippen LogP contribution in [0.5, 0.6) is 0 Å². The summed E-state index contributed by atoms with van der Waals surface area (Å²) < 4.78 is 5.55. The SMILES string of the molecule is Cc1cccc2c(-c3cc4c5c6c3-n3c7ccc(C(C)C)cc7c7cc(C(C)C)cc(c73)B6c3cc(C(C)C)cc6c7cc(C(C)C)cc(c7n-5c36)C43c4ccccc4-c4ccccc43)cccc12. The van der Waals surface area contributed by atoms with Crippen molar-refractivity contribution in [2.24, 2.45) is 0 Å². The van der Waals surface area contributed by atoms with Crippen molar-refractivity contribution in [3.8, 4) is 33.6 Å². The van der Waals surface area contributed by atoms with Crippen LogP contribution < -0.4 is 16.4 Å². The maximum absolute atomic E-state index is 2.80. The molecule has 4 aliphatic rings. The highest BCUT2D eigenvalue weighted by Gasteiger charge is 2.55. The zero-order valence-corrected chi connectivity index (χ0v) is 41.1. The molecule has 15 rings (SSSR count). The minimum atomic E-state index is -0.580. The summed E-state index contributed by atoms with van der Waals surface area (Å²) in [6.45, 7) is 21.3. The second kappa shape index (κ2) is 13.4. The second-order valence-electron chi connectivity index (χ2n) is 22.4. The van der Waals surface area contributed by atoms with E-state index in [1.54, 1.807) is 0 Å². The molecule has 3 heteroatoms. The van der Waals surface area contributed by atoms with Crippen LogP contribution in [0.25, 0.3) is 88.0 Å². The maximum Gasteiger partial charge on any atom is 0.252 e. The normalized spacial score (nSPS) is 14.5. The molecule has 0 fully saturated rings. The molecule has 0 saturated carbocycles. The predicted octanol–water partition coefficient (Wildman–Crippen LogP) is 15.3. The van der Waals surface area contributed by atoms with Crippen LogP contribution in [-0.4, -0.2) is 15.8 Å². The van der Waals surface area contributed by atoms with Crippen LogP contribution in [0, 0.1) is 6.92 Å². The summed E-state index contributed by atoms with van der Waals surface area (Å²) in [5, 5.41) is 8.12. The quantitative estimate of drug-likeness (QED) is 0.152. The summed E-state index contributed by atoms with van der Waals surface area (Å²) in [5.41, 5.74) is 29.6.